The van der Waals surface area contributed by atoms with Crippen LogP contribution in [0.1, 0.15) is 5.69 Å². The van der Waals surface area contributed by atoms with Crippen LogP contribution in [0.15, 0.2) is 29.3 Å². The van der Waals surface area contributed by atoms with Crippen molar-refractivity contribution in [1.29, 1.82) is 0 Å². The Morgan fingerprint density at radius 3 is 3.00 bits per heavy atom. The van der Waals surface area contributed by atoms with Gasteiger partial charge in [-0.25, -0.2) is 0 Å². The van der Waals surface area contributed by atoms with Crippen LogP contribution in [-0.2, 0) is 0 Å². The van der Waals surface area contributed by atoms with Gasteiger partial charge in [0, 0.05) is 18.5 Å². The minimum absolute atomic E-state index is 0.0225. The molecule has 0 spiro atoms. The molecule has 0 aliphatic carbocycles. The number of aromatic nitrogens is 2. The first-order valence-corrected chi connectivity index (χ1v) is 3.72. The summed E-state index contributed by atoms with van der Waals surface area (Å²) in [6.07, 6.45) is 3.33. The third-order valence-corrected chi connectivity index (χ3v) is 1.86. The van der Waals surface area contributed by atoms with Crippen LogP contribution >= 0.6 is 0 Å². The van der Waals surface area contributed by atoms with Crippen molar-refractivity contribution in [3.8, 4) is 0 Å². The summed E-state index contributed by atoms with van der Waals surface area (Å²) < 4.78 is 0. The van der Waals surface area contributed by atoms with Crippen LogP contribution in [0.2, 0.25) is 0 Å². The molecule has 0 saturated heterocycles. The Bertz CT molecular complexity index is 468. The zero-order valence-electron chi connectivity index (χ0n) is 6.66. The molecule has 0 atom stereocenters. The molecule has 2 aromatic heterocycles. The highest BCUT2D eigenvalue weighted by Gasteiger charge is 1.99. The van der Waals surface area contributed by atoms with Crippen LogP contribution in [0, 0.1) is 6.92 Å². The van der Waals surface area contributed by atoms with Gasteiger partial charge in [-0.1, -0.05) is 0 Å². The average Bonchev–Trinajstić information content (AvgIpc) is 2.04. The predicted octanol–water partition coefficient (Wildman–Crippen LogP) is 1.23. The minimum Gasteiger partial charge on any atom is -0.361 e. The Kier molecular flexibility index (Phi) is 1.43. The first kappa shape index (κ1) is 7.03. The highest BCUT2D eigenvalue weighted by molar-refractivity contribution is 5.79. The number of nitrogens with one attached hydrogen (secondary N) is 1. The highest BCUT2D eigenvalue weighted by atomic mass is 16.1. The number of aromatic amines is 1. The van der Waals surface area contributed by atoms with Gasteiger partial charge in [0.05, 0.1) is 16.6 Å². The number of fused-ring (bicyclic) bond motifs is 1. The summed E-state index contributed by atoms with van der Waals surface area (Å²) >= 11 is 0. The maximum absolute atomic E-state index is 11.3. The number of hydrogen-bond acceptors (Lipinski definition) is 2. The number of hydrogen-bond donors (Lipinski definition) is 1. The van der Waals surface area contributed by atoms with Gasteiger partial charge in [-0.3, -0.25) is 9.78 Å². The molecule has 0 amide bonds. The molecule has 3 heteroatoms. The molecule has 2 aromatic rings. The van der Waals surface area contributed by atoms with E-state index in [0.717, 1.165) is 11.2 Å². The zero-order valence-corrected chi connectivity index (χ0v) is 6.66. The van der Waals surface area contributed by atoms with Crippen molar-refractivity contribution in [2.75, 3.05) is 0 Å². The van der Waals surface area contributed by atoms with Gasteiger partial charge >= 0.3 is 0 Å². The molecule has 12 heavy (non-hydrogen) atoms. The van der Waals surface area contributed by atoms with E-state index in [1.54, 1.807) is 18.5 Å². The Hall–Kier alpha value is -1.64. The SMILES string of the molecule is Cc1nccc2[nH]ccc(=O)c12. The van der Waals surface area contributed by atoms with Crippen LogP contribution < -0.4 is 5.43 Å². The van der Waals surface area contributed by atoms with Gasteiger partial charge in [0.2, 0.25) is 0 Å². The molecule has 1 N–H and O–H groups in total. The van der Waals surface area contributed by atoms with Crippen molar-refractivity contribution < 1.29 is 0 Å². The summed E-state index contributed by atoms with van der Waals surface area (Å²) in [6.45, 7) is 1.83. The van der Waals surface area contributed by atoms with Crippen LogP contribution in [0.5, 0.6) is 0 Å². The van der Waals surface area contributed by atoms with Gasteiger partial charge in [0.1, 0.15) is 0 Å². The normalized spacial score (nSPS) is 10.4. The summed E-state index contributed by atoms with van der Waals surface area (Å²) in [5.74, 6) is 0. The molecule has 0 aromatic carbocycles. The second-order valence-electron chi connectivity index (χ2n) is 2.66. The van der Waals surface area contributed by atoms with Crippen molar-refractivity contribution in [2.24, 2.45) is 0 Å². The number of rotatable bonds is 0. The molecule has 0 aliphatic rings. The molecule has 0 fully saturated rings. The fourth-order valence-corrected chi connectivity index (χ4v) is 1.29. The van der Waals surface area contributed by atoms with E-state index in [-0.39, 0.29) is 5.43 Å². The fraction of sp³-hybridized carbons (Fsp3) is 0.111. The van der Waals surface area contributed by atoms with E-state index in [2.05, 4.69) is 9.97 Å². The predicted molar refractivity (Wildman–Crippen MR) is 47.1 cm³/mol. The first-order chi connectivity index (χ1) is 5.79. The lowest BCUT2D eigenvalue weighted by molar-refractivity contribution is 1.21. The molecular formula is C9H8N2O. The quantitative estimate of drug-likeness (QED) is 0.630. The summed E-state index contributed by atoms with van der Waals surface area (Å²) in [4.78, 5) is 18.4. The molecule has 3 nitrogen and oxygen atoms in total. The molecule has 0 aliphatic heterocycles. The van der Waals surface area contributed by atoms with Crippen LogP contribution in [0.3, 0.4) is 0 Å². The number of H-pyrrole nitrogens is 1. The van der Waals surface area contributed by atoms with E-state index in [0.29, 0.717) is 5.39 Å². The largest absolute Gasteiger partial charge is 0.361 e. The Morgan fingerprint density at radius 1 is 1.42 bits per heavy atom. The van der Waals surface area contributed by atoms with Crippen molar-refractivity contribution in [1.82, 2.24) is 9.97 Å². The lowest BCUT2D eigenvalue weighted by Gasteiger charge is -1.97. The maximum atomic E-state index is 11.3. The van der Waals surface area contributed by atoms with Gasteiger partial charge < -0.3 is 4.98 Å². The van der Waals surface area contributed by atoms with E-state index in [9.17, 15) is 4.79 Å². The van der Waals surface area contributed by atoms with E-state index in [4.69, 9.17) is 0 Å². The van der Waals surface area contributed by atoms with Crippen molar-refractivity contribution in [2.45, 2.75) is 6.92 Å². The fourth-order valence-electron chi connectivity index (χ4n) is 1.29. The Balaban J connectivity index is 3.07. The summed E-state index contributed by atoms with van der Waals surface area (Å²) in [6, 6.07) is 3.31. The smallest absolute Gasteiger partial charge is 0.191 e. The van der Waals surface area contributed by atoms with Gasteiger partial charge in [-0.15, -0.1) is 0 Å². The lowest BCUT2D eigenvalue weighted by Crippen LogP contribution is -2.02. The van der Waals surface area contributed by atoms with Crippen LogP contribution in [0.25, 0.3) is 10.9 Å². The van der Waals surface area contributed by atoms with Gasteiger partial charge in [0.15, 0.2) is 5.43 Å². The molecule has 2 rings (SSSR count). The van der Waals surface area contributed by atoms with Crippen LogP contribution in [0.4, 0.5) is 0 Å². The third-order valence-electron chi connectivity index (χ3n) is 1.86. The minimum atomic E-state index is 0.0225. The Morgan fingerprint density at radius 2 is 2.25 bits per heavy atom. The topological polar surface area (TPSA) is 45.8 Å². The monoisotopic (exact) mass is 160 g/mol. The average molecular weight is 160 g/mol. The first-order valence-electron chi connectivity index (χ1n) is 3.72. The second kappa shape index (κ2) is 2.44. The lowest BCUT2D eigenvalue weighted by atomic mass is 10.2. The number of nitrogens with zero attached hydrogens (tertiary/aromatic N) is 1. The number of aryl methyl sites for hydroxylation is 1. The van der Waals surface area contributed by atoms with E-state index >= 15 is 0 Å². The number of pyridine rings is 2. The maximum Gasteiger partial charge on any atom is 0.191 e. The molecule has 0 bridgehead atoms. The molecule has 0 saturated carbocycles. The van der Waals surface area contributed by atoms with E-state index < -0.39 is 0 Å². The van der Waals surface area contributed by atoms with Gasteiger partial charge in [-0.2, -0.15) is 0 Å². The van der Waals surface area contributed by atoms with Gasteiger partial charge in [-0.05, 0) is 13.0 Å². The molecule has 0 radical (unpaired) electrons. The van der Waals surface area contributed by atoms with E-state index in [1.165, 1.54) is 6.07 Å². The molecule has 2 heterocycles. The molecule has 60 valence electrons. The van der Waals surface area contributed by atoms with E-state index in [1.807, 2.05) is 6.92 Å². The standard InChI is InChI=1S/C9H8N2O/c1-6-9-7(2-4-10-6)11-5-3-8(9)12/h2-5H,1H3,(H,11,12). The summed E-state index contributed by atoms with van der Waals surface area (Å²) in [7, 11) is 0. The molecular weight excluding hydrogens is 152 g/mol. The Labute approximate surface area is 69.1 Å². The summed E-state index contributed by atoms with van der Waals surface area (Å²) in [5.41, 5.74) is 1.64. The van der Waals surface area contributed by atoms with Crippen molar-refractivity contribution in [3.05, 3.63) is 40.4 Å². The highest BCUT2D eigenvalue weighted by Crippen LogP contribution is 2.07. The van der Waals surface area contributed by atoms with Crippen molar-refractivity contribution >= 4 is 10.9 Å². The molecule has 0 unspecified atom stereocenters. The summed E-state index contributed by atoms with van der Waals surface area (Å²) in [5, 5.41) is 0.681. The second-order valence-corrected chi connectivity index (χ2v) is 2.66. The van der Waals surface area contributed by atoms with Crippen molar-refractivity contribution in [3.63, 3.8) is 0 Å². The third kappa shape index (κ3) is 0.906. The van der Waals surface area contributed by atoms with Gasteiger partial charge in [0.25, 0.3) is 0 Å². The van der Waals surface area contributed by atoms with Crippen LogP contribution in [-0.4, -0.2) is 9.97 Å². The zero-order chi connectivity index (χ0) is 8.55.